The van der Waals surface area contributed by atoms with Crippen LogP contribution in [0.25, 0.3) is 0 Å². The quantitative estimate of drug-likeness (QED) is 0.677. The first-order chi connectivity index (χ1) is 6.02. The van der Waals surface area contributed by atoms with Gasteiger partial charge in [0.15, 0.2) is 0 Å². The normalized spacial score (nSPS) is 27.0. The highest BCUT2D eigenvalue weighted by atomic mass is 28.4. The SMILES string of the molecule is CO[Si](OC)(OC)C1CC[Si]1(C)C. The van der Waals surface area contributed by atoms with Crippen molar-refractivity contribution in [1.82, 2.24) is 0 Å². The van der Waals surface area contributed by atoms with Gasteiger partial charge in [0.05, 0.1) is 8.07 Å². The van der Waals surface area contributed by atoms with Crippen molar-refractivity contribution in [3.63, 3.8) is 0 Å². The van der Waals surface area contributed by atoms with Crippen LogP contribution in [0.4, 0.5) is 0 Å². The Labute approximate surface area is 82.8 Å². The molecule has 0 N–H and O–H groups in total. The first-order valence-corrected chi connectivity index (χ1v) is 9.76. The van der Waals surface area contributed by atoms with Crippen molar-refractivity contribution in [2.75, 3.05) is 21.3 Å². The summed E-state index contributed by atoms with van der Waals surface area (Å²) in [7, 11) is 1.73. The van der Waals surface area contributed by atoms with Crippen LogP contribution in [0, 0.1) is 0 Å². The standard InChI is InChI=1S/C8H20O3Si2/c1-9-13(10-2,11-3)8-6-7-12(8,4)5/h8H,6-7H2,1-5H3. The third-order valence-corrected chi connectivity index (χ3v) is 13.3. The monoisotopic (exact) mass is 220 g/mol. The van der Waals surface area contributed by atoms with E-state index in [1.54, 1.807) is 21.3 Å². The summed E-state index contributed by atoms with van der Waals surface area (Å²) in [4.78, 5) is 0. The summed E-state index contributed by atoms with van der Waals surface area (Å²) in [6, 6.07) is 1.38. The average Bonchev–Trinajstić information content (AvgIpc) is 2.12. The molecule has 0 spiro atoms. The zero-order valence-electron chi connectivity index (χ0n) is 9.22. The van der Waals surface area contributed by atoms with E-state index in [1.807, 2.05) is 0 Å². The lowest BCUT2D eigenvalue weighted by Gasteiger charge is -2.48. The van der Waals surface area contributed by atoms with E-state index < -0.39 is 16.9 Å². The van der Waals surface area contributed by atoms with Crippen LogP contribution in [-0.4, -0.2) is 38.2 Å². The molecule has 1 aliphatic rings. The molecule has 0 saturated carbocycles. The van der Waals surface area contributed by atoms with Crippen molar-refractivity contribution in [2.45, 2.75) is 30.7 Å². The predicted molar refractivity (Wildman–Crippen MR) is 57.4 cm³/mol. The fourth-order valence-electron chi connectivity index (χ4n) is 2.20. The van der Waals surface area contributed by atoms with Crippen molar-refractivity contribution < 1.29 is 13.3 Å². The van der Waals surface area contributed by atoms with Gasteiger partial charge in [0.2, 0.25) is 0 Å². The second kappa shape index (κ2) is 3.82. The van der Waals surface area contributed by atoms with Gasteiger partial charge < -0.3 is 13.3 Å². The molecule has 0 radical (unpaired) electrons. The van der Waals surface area contributed by atoms with Crippen LogP contribution in [0.3, 0.4) is 0 Å². The number of rotatable bonds is 4. The molecule has 1 aliphatic heterocycles. The highest BCUT2D eigenvalue weighted by Crippen LogP contribution is 2.49. The summed E-state index contributed by atoms with van der Waals surface area (Å²) in [6.07, 6.45) is 1.22. The Morgan fingerprint density at radius 2 is 1.54 bits per heavy atom. The maximum absolute atomic E-state index is 5.50. The largest absolute Gasteiger partial charge is 0.500 e. The molecule has 0 aromatic rings. The molecule has 1 rings (SSSR count). The van der Waals surface area contributed by atoms with E-state index in [0.29, 0.717) is 5.16 Å². The van der Waals surface area contributed by atoms with E-state index in [9.17, 15) is 0 Å². The number of hydrogen-bond acceptors (Lipinski definition) is 3. The fraction of sp³-hybridized carbons (Fsp3) is 1.00. The summed E-state index contributed by atoms with van der Waals surface area (Å²) < 4.78 is 16.5. The molecule has 1 fully saturated rings. The van der Waals surface area contributed by atoms with Gasteiger partial charge in [0.25, 0.3) is 0 Å². The van der Waals surface area contributed by atoms with Gasteiger partial charge in [-0.05, 0) is 0 Å². The van der Waals surface area contributed by atoms with Crippen molar-refractivity contribution in [3.8, 4) is 0 Å². The lowest BCUT2D eigenvalue weighted by atomic mass is 10.5. The lowest BCUT2D eigenvalue weighted by Crippen LogP contribution is -2.61. The molecule has 0 aliphatic carbocycles. The minimum Gasteiger partial charge on any atom is -0.377 e. The van der Waals surface area contributed by atoms with Gasteiger partial charge in [-0.3, -0.25) is 0 Å². The Kier molecular flexibility index (Phi) is 3.35. The first-order valence-electron chi connectivity index (χ1n) is 4.68. The minimum absolute atomic E-state index is 0.597. The third-order valence-electron chi connectivity index (χ3n) is 3.30. The van der Waals surface area contributed by atoms with Gasteiger partial charge in [-0.1, -0.05) is 25.6 Å². The van der Waals surface area contributed by atoms with E-state index in [1.165, 1.54) is 12.5 Å². The zero-order chi connectivity index (χ0) is 10.1. The molecule has 1 unspecified atom stereocenters. The maximum Gasteiger partial charge on any atom is 0.500 e. The molecule has 1 saturated heterocycles. The molecular weight excluding hydrogens is 200 g/mol. The van der Waals surface area contributed by atoms with Crippen LogP contribution in [0.5, 0.6) is 0 Å². The second-order valence-electron chi connectivity index (χ2n) is 4.30. The molecule has 0 aromatic heterocycles. The molecule has 0 aromatic carbocycles. The van der Waals surface area contributed by atoms with Crippen LogP contribution < -0.4 is 0 Å². The summed E-state index contributed by atoms with van der Waals surface area (Å²) in [5, 5.41) is 0.597. The van der Waals surface area contributed by atoms with Crippen molar-refractivity contribution >= 4 is 16.9 Å². The highest BCUT2D eigenvalue weighted by molar-refractivity contribution is 6.93. The van der Waals surface area contributed by atoms with Gasteiger partial charge in [-0.25, -0.2) is 0 Å². The van der Waals surface area contributed by atoms with E-state index in [2.05, 4.69) is 13.1 Å². The Balaban J connectivity index is 2.76. The minimum atomic E-state index is -2.31. The summed E-state index contributed by atoms with van der Waals surface area (Å²) >= 11 is 0. The van der Waals surface area contributed by atoms with Crippen LogP contribution >= 0.6 is 0 Å². The molecule has 3 nitrogen and oxygen atoms in total. The van der Waals surface area contributed by atoms with Gasteiger partial charge in [-0.2, -0.15) is 0 Å². The Hall–Kier alpha value is 0.314. The van der Waals surface area contributed by atoms with E-state index >= 15 is 0 Å². The summed E-state index contributed by atoms with van der Waals surface area (Å²) in [5.74, 6) is 0. The molecule has 0 amide bonds. The lowest BCUT2D eigenvalue weighted by molar-refractivity contribution is 0.116. The van der Waals surface area contributed by atoms with Gasteiger partial charge >= 0.3 is 8.80 Å². The van der Waals surface area contributed by atoms with Crippen LogP contribution in [0.15, 0.2) is 0 Å². The molecule has 1 atom stereocenters. The maximum atomic E-state index is 5.50. The van der Waals surface area contributed by atoms with Crippen molar-refractivity contribution in [2.24, 2.45) is 0 Å². The molecule has 0 bridgehead atoms. The fourth-order valence-corrected chi connectivity index (χ4v) is 11.4. The zero-order valence-corrected chi connectivity index (χ0v) is 11.2. The van der Waals surface area contributed by atoms with Crippen molar-refractivity contribution in [3.05, 3.63) is 0 Å². The Morgan fingerprint density at radius 3 is 1.62 bits per heavy atom. The third kappa shape index (κ3) is 1.76. The van der Waals surface area contributed by atoms with Gasteiger partial charge in [0, 0.05) is 26.5 Å². The highest BCUT2D eigenvalue weighted by Gasteiger charge is 2.59. The van der Waals surface area contributed by atoms with Gasteiger partial charge in [-0.15, -0.1) is 0 Å². The van der Waals surface area contributed by atoms with Gasteiger partial charge in [0.1, 0.15) is 0 Å². The summed E-state index contributed by atoms with van der Waals surface area (Å²) in [5.41, 5.74) is 0. The van der Waals surface area contributed by atoms with Crippen LogP contribution in [0.1, 0.15) is 6.42 Å². The topological polar surface area (TPSA) is 27.7 Å². The summed E-state index contributed by atoms with van der Waals surface area (Å²) in [6.45, 7) is 4.78. The predicted octanol–water partition coefficient (Wildman–Crippen LogP) is 1.89. The van der Waals surface area contributed by atoms with Crippen LogP contribution in [0.2, 0.25) is 24.3 Å². The van der Waals surface area contributed by atoms with Crippen LogP contribution in [-0.2, 0) is 13.3 Å². The van der Waals surface area contributed by atoms with Crippen molar-refractivity contribution in [1.29, 1.82) is 0 Å². The van der Waals surface area contributed by atoms with E-state index in [4.69, 9.17) is 13.3 Å². The molecule has 13 heavy (non-hydrogen) atoms. The molecule has 5 heteroatoms. The van der Waals surface area contributed by atoms with E-state index in [0.717, 1.165) is 0 Å². The molecular formula is C8H20O3Si2. The Morgan fingerprint density at radius 1 is 1.08 bits per heavy atom. The molecule has 78 valence electrons. The average molecular weight is 220 g/mol. The second-order valence-corrected chi connectivity index (χ2v) is 13.2. The molecule has 1 heterocycles. The Bertz CT molecular complexity index is 172. The van der Waals surface area contributed by atoms with E-state index in [-0.39, 0.29) is 0 Å². The number of hydrogen-bond donors (Lipinski definition) is 0. The smallest absolute Gasteiger partial charge is 0.377 e. The first kappa shape index (κ1) is 11.4.